The Labute approximate surface area is 200 Å². The molecule has 1 unspecified atom stereocenters. The maximum Gasteiger partial charge on any atom is 0.472 e. The van der Waals surface area contributed by atoms with Crippen LogP contribution in [0.25, 0.3) is 0 Å². The van der Waals surface area contributed by atoms with E-state index in [1.807, 2.05) is 0 Å². The summed E-state index contributed by atoms with van der Waals surface area (Å²) in [4.78, 5) is 50.6. The first-order chi connectivity index (χ1) is 17.0. The van der Waals surface area contributed by atoms with Gasteiger partial charge < -0.3 is 30.3 Å². The molecule has 2 aliphatic heterocycles. The van der Waals surface area contributed by atoms with Crippen molar-refractivity contribution in [3.63, 3.8) is 0 Å². The molecule has 0 spiro atoms. The monoisotopic (exact) mass is 535 g/mol. The van der Waals surface area contributed by atoms with Gasteiger partial charge in [0.05, 0.1) is 25.5 Å². The van der Waals surface area contributed by atoms with Crippen LogP contribution in [-0.2, 0) is 23.1 Å². The molecule has 2 saturated heterocycles. The molecule has 4 heterocycles. The molecule has 0 aromatic carbocycles. The number of hydrogen-bond donors (Lipinski definition) is 5. The molecule has 0 radical (unpaired) electrons. The van der Waals surface area contributed by atoms with E-state index in [1.165, 1.54) is 12.3 Å². The van der Waals surface area contributed by atoms with Crippen molar-refractivity contribution >= 4 is 13.6 Å². The summed E-state index contributed by atoms with van der Waals surface area (Å²) in [7, 11) is -4.81. The zero-order valence-corrected chi connectivity index (χ0v) is 19.3. The number of nitrogens with zero attached hydrogens (tertiary/aromatic N) is 3. The van der Waals surface area contributed by atoms with Gasteiger partial charge in [-0.2, -0.15) is 9.37 Å². The van der Waals surface area contributed by atoms with E-state index in [0.717, 1.165) is 9.13 Å². The van der Waals surface area contributed by atoms with Crippen molar-refractivity contribution in [2.75, 3.05) is 18.9 Å². The second kappa shape index (κ2) is 10.3. The van der Waals surface area contributed by atoms with Crippen LogP contribution in [0.4, 0.5) is 10.2 Å². The highest BCUT2D eigenvalue weighted by molar-refractivity contribution is 7.47. The van der Waals surface area contributed by atoms with E-state index in [1.54, 1.807) is 4.98 Å². The standard InChI is InChI=1S/C18H23FN5O11P/c19-8-5-24(18(29)22-16(8)27)14-3-9(26)12(34-14)7-32-36(30,31)35-10-4-15(33-11(10)6-25)23-2-1-13(20)21-17(23)28/h1-2,5,9-12,14-15,25-26H,3-4,6-7H2,(H,30,31)(H2,20,21,28)(H,22,27,29)/t9-,10+,11-,12+,14+,15-/m1/s1. The summed E-state index contributed by atoms with van der Waals surface area (Å²) >= 11 is 0. The Morgan fingerprint density at radius 1 is 1.22 bits per heavy atom. The summed E-state index contributed by atoms with van der Waals surface area (Å²) in [6.07, 6.45) is -5.25. The Kier molecular flexibility index (Phi) is 7.53. The lowest BCUT2D eigenvalue weighted by molar-refractivity contribution is -0.0576. The average Bonchev–Trinajstić information content (AvgIpc) is 3.37. The van der Waals surface area contributed by atoms with Crippen LogP contribution in [-0.4, -0.2) is 71.8 Å². The molecule has 0 aliphatic carbocycles. The Hall–Kier alpha value is -2.76. The molecule has 2 aliphatic rings. The number of nitrogen functional groups attached to an aromatic ring is 1. The fraction of sp³-hybridized carbons (Fsp3) is 0.556. The average molecular weight is 535 g/mol. The van der Waals surface area contributed by atoms with Gasteiger partial charge in [-0.25, -0.2) is 14.2 Å². The van der Waals surface area contributed by atoms with Crippen LogP contribution in [0.3, 0.4) is 0 Å². The number of H-pyrrole nitrogens is 1. The van der Waals surface area contributed by atoms with Gasteiger partial charge in [-0.3, -0.25) is 28.0 Å². The van der Waals surface area contributed by atoms with Gasteiger partial charge in [0.25, 0.3) is 5.56 Å². The summed E-state index contributed by atoms with van der Waals surface area (Å²) in [6, 6.07) is 1.35. The van der Waals surface area contributed by atoms with Crippen LogP contribution in [0.5, 0.6) is 0 Å². The lowest BCUT2D eigenvalue weighted by Crippen LogP contribution is -2.34. The predicted octanol–water partition coefficient (Wildman–Crippen LogP) is -2.05. The lowest BCUT2D eigenvalue weighted by atomic mass is 10.2. The van der Waals surface area contributed by atoms with E-state index in [4.69, 9.17) is 24.3 Å². The highest BCUT2D eigenvalue weighted by Crippen LogP contribution is 2.48. The third kappa shape index (κ3) is 5.63. The normalized spacial score (nSPS) is 29.9. The highest BCUT2D eigenvalue weighted by atomic mass is 31.2. The SMILES string of the molecule is Nc1ccn([C@H]2C[C@H](OP(=O)(O)OC[C@@H]3O[C@H](n4cc(F)c(=O)[nH]c4=O)C[C@H]3O)[C@@H](CO)O2)c(=O)n1. The minimum absolute atomic E-state index is 0.0110. The molecule has 7 atom stereocenters. The van der Waals surface area contributed by atoms with Crippen molar-refractivity contribution in [2.45, 2.75) is 49.7 Å². The van der Waals surface area contributed by atoms with Gasteiger partial charge in [-0.1, -0.05) is 0 Å². The molecular weight excluding hydrogens is 512 g/mol. The van der Waals surface area contributed by atoms with Gasteiger partial charge in [0.15, 0.2) is 0 Å². The Morgan fingerprint density at radius 2 is 1.92 bits per heavy atom. The number of aliphatic hydroxyl groups excluding tert-OH is 2. The van der Waals surface area contributed by atoms with Gasteiger partial charge in [0, 0.05) is 19.0 Å². The van der Waals surface area contributed by atoms with Crippen molar-refractivity contribution in [3.05, 3.63) is 55.6 Å². The molecule has 198 valence electrons. The van der Waals surface area contributed by atoms with Crippen LogP contribution in [0.15, 0.2) is 32.8 Å². The van der Waals surface area contributed by atoms with Crippen molar-refractivity contribution < 1.29 is 42.6 Å². The largest absolute Gasteiger partial charge is 0.472 e. The van der Waals surface area contributed by atoms with Crippen LogP contribution in [0.2, 0.25) is 0 Å². The number of ether oxygens (including phenoxy) is 2. The molecule has 36 heavy (non-hydrogen) atoms. The molecule has 4 rings (SSSR count). The zero-order valence-electron chi connectivity index (χ0n) is 18.4. The number of rotatable bonds is 8. The number of phosphoric ester groups is 1. The van der Waals surface area contributed by atoms with Crippen LogP contribution >= 0.6 is 7.82 Å². The number of nitrogens with one attached hydrogen (secondary N) is 1. The fourth-order valence-corrected chi connectivity index (χ4v) is 4.83. The summed E-state index contributed by atoms with van der Waals surface area (Å²) in [5.41, 5.74) is 2.53. The van der Waals surface area contributed by atoms with E-state index in [0.29, 0.717) is 6.20 Å². The molecule has 16 nitrogen and oxygen atoms in total. The summed E-state index contributed by atoms with van der Waals surface area (Å²) in [5.74, 6) is -1.25. The number of nitrogens with two attached hydrogens (primary N) is 1. The number of halogens is 1. The first-order valence-corrected chi connectivity index (χ1v) is 12.1. The molecule has 2 fully saturated rings. The van der Waals surface area contributed by atoms with Gasteiger partial charge in [-0.15, -0.1) is 0 Å². The number of aromatic nitrogens is 4. The third-order valence-electron chi connectivity index (χ3n) is 5.63. The second-order valence-corrected chi connectivity index (χ2v) is 9.48. The maximum atomic E-state index is 13.6. The number of anilines is 1. The van der Waals surface area contributed by atoms with Crippen molar-refractivity contribution in [1.29, 1.82) is 0 Å². The minimum Gasteiger partial charge on any atom is -0.394 e. The van der Waals surface area contributed by atoms with Gasteiger partial charge in [0.2, 0.25) is 5.82 Å². The van der Waals surface area contributed by atoms with Crippen LogP contribution in [0, 0.1) is 5.82 Å². The minimum atomic E-state index is -4.81. The summed E-state index contributed by atoms with van der Waals surface area (Å²) in [6.45, 7) is -1.26. The van der Waals surface area contributed by atoms with E-state index in [-0.39, 0.29) is 18.7 Å². The van der Waals surface area contributed by atoms with E-state index >= 15 is 0 Å². The summed E-state index contributed by atoms with van der Waals surface area (Å²) in [5, 5.41) is 19.8. The smallest absolute Gasteiger partial charge is 0.394 e. The van der Waals surface area contributed by atoms with Gasteiger partial charge in [-0.05, 0) is 6.07 Å². The fourth-order valence-electron chi connectivity index (χ4n) is 3.87. The number of aliphatic hydroxyl groups is 2. The maximum absolute atomic E-state index is 13.6. The number of phosphoric acid groups is 1. The lowest BCUT2D eigenvalue weighted by Gasteiger charge is -2.21. The summed E-state index contributed by atoms with van der Waals surface area (Å²) < 4.78 is 48.9. The molecule has 0 amide bonds. The quantitative estimate of drug-likeness (QED) is 0.229. The van der Waals surface area contributed by atoms with E-state index in [9.17, 15) is 38.4 Å². The molecule has 0 saturated carbocycles. The van der Waals surface area contributed by atoms with E-state index < -0.39 is 80.7 Å². The Balaban J connectivity index is 1.37. The molecule has 6 N–H and O–H groups in total. The van der Waals surface area contributed by atoms with Gasteiger partial charge in [0.1, 0.15) is 36.6 Å². The first kappa shape index (κ1) is 26.3. The predicted molar refractivity (Wildman–Crippen MR) is 115 cm³/mol. The van der Waals surface area contributed by atoms with Gasteiger partial charge >= 0.3 is 19.2 Å². The van der Waals surface area contributed by atoms with Crippen molar-refractivity contribution in [3.8, 4) is 0 Å². The molecule has 2 aromatic rings. The third-order valence-corrected chi connectivity index (χ3v) is 6.64. The van der Waals surface area contributed by atoms with Crippen LogP contribution in [0.1, 0.15) is 25.3 Å². The van der Waals surface area contributed by atoms with Crippen LogP contribution < -0.4 is 22.7 Å². The highest BCUT2D eigenvalue weighted by Gasteiger charge is 2.43. The number of hydrogen-bond acceptors (Lipinski definition) is 12. The molecular formula is C18H23FN5O11P. The Bertz CT molecular complexity index is 1330. The number of aromatic amines is 1. The first-order valence-electron chi connectivity index (χ1n) is 10.6. The zero-order chi connectivity index (χ0) is 26.2. The molecule has 2 aromatic heterocycles. The molecule has 0 bridgehead atoms. The topological polar surface area (TPSA) is 230 Å². The van der Waals surface area contributed by atoms with Crippen molar-refractivity contribution in [1.82, 2.24) is 19.1 Å². The second-order valence-electron chi connectivity index (χ2n) is 8.07. The van der Waals surface area contributed by atoms with Crippen molar-refractivity contribution in [2.24, 2.45) is 0 Å². The van der Waals surface area contributed by atoms with E-state index in [2.05, 4.69) is 4.98 Å². The Morgan fingerprint density at radius 3 is 2.61 bits per heavy atom. The molecule has 18 heteroatoms.